The van der Waals surface area contributed by atoms with Crippen LogP contribution in [0.1, 0.15) is 57.7 Å². The molecule has 2 aliphatic rings. The predicted octanol–water partition coefficient (Wildman–Crippen LogP) is 6.92. The SMILES string of the molecule is CCN(CC)c1ccc([C@H]2C3=C(CC(C)(C)CC3=O)Nc3ccccc3N2C(=O)Cc2ccccc2)cc1. The molecule has 1 amide bonds. The van der Waals surface area contributed by atoms with Crippen molar-refractivity contribution in [2.45, 2.75) is 53.0 Å². The van der Waals surface area contributed by atoms with Crippen molar-refractivity contribution in [2.75, 3.05) is 28.2 Å². The van der Waals surface area contributed by atoms with Crippen LogP contribution in [0.2, 0.25) is 0 Å². The molecule has 0 saturated heterocycles. The number of benzene rings is 3. The topological polar surface area (TPSA) is 52.7 Å². The van der Waals surface area contributed by atoms with E-state index in [-0.39, 0.29) is 23.5 Å². The first-order valence-corrected chi connectivity index (χ1v) is 13.6. The summed E-state index contributed by atoms with van der Waals surface area (Å²) in [4.78, 5) is 32.2. The summed E-state index contributed by atoms with van der Waals surface area (Å²) < 4.78 is 0. The molecule has 1 atom stereocenters. The fraction of sp³-hybridized carbons (Fsp3) is 0.333. The number of para-hydroxylation sites is 2. The number of Topliss-reactive ketones (excluding diaryl/α,β-unsaturated/α-hetero) is 1. The zero-order valence-corrected chi connectivity index (χ0v) is 22.8. The maximum atomic E-state index is 14.2. The lowest BCUT2D eigenvalue weighted by Gasteiger charge is -2.37. The maximum absolute atomic E-state index is 14.2. The van der Waals surface area contributed by atoms with Crippen molar-refractivity contribution < 1.29 is 9.59 Å². The maximum Gasteiger partial charge on any atom is 0.232 e. The third kappa shape index (κ3) is 4.98. The van der Waals surface area contributed by atoms with Crippen LogP contribution >= 0.6 is 0 Å². The first-order valence-electron chi connectivity index (χ1n) is 13.6. The van der Waals surface area contributed by atoms with Crippen molar-refractivity contribution in [1.29, 1.82) is 0 Å². The van der Waals surface area contributed by atoms with Crippen LogP contribution in [0, 0.1) is 5.41 Å². The average Bonchev–Trinajstić information content (AvgIpc) is 3.04. The molecule has 0 fully saturated rings. The molecule has 1 aliphatic heterocycles. The van der Waals surface area contributed by atoms with E-state index in [1.807, 2.05) is 59.5 Å². The Morgan fingerprint density at radius 2 is 1.58 bits per heavy atom. The van der Waals surface area contributed by atoms with Gasteiger partial charge in [-0.3, -0.25) is 14.5 Å². The van der Waals surface area contributed by atoms with Crippen LogP contribution < -0.4 is 15.1 Å². The molecule has 0 bridgehead atoms. The lowest BCUT2D eigenvalue weighted by atomic mass is 9.73. The monoisotopic (exact) mass is 507 g/mol. The number of anilines is 3. The third-order valence-corrected chi connectivity index (χ3v) is 7.71. The Kier molecular flexibility index (Phi) is 7.11. The molecular formula is C33H37N3O2. The highest BCUT2D eigenvalue weighted by Gasteiger charge is 2.43. The van der Waals surface area contributed by atoms with Crippen LogP contribution in [-0.4, -0.2) is 24.8 Å². The molecule has 0 spiro atoms. The highest BCUT2D eigenvalue weighted by molar-refractivity contribution is 6.06. The van der Waals surface area contributed by atoms with E-state index in [1.165, 1.54) is 0 Å². The van der Waals surface area contributed by atoms with E-state index in [9.17, 15) is 9.59 Å². The minimum Gasteiger partial charge on any atom is -0.372 e. The molecule has 5 rings (SSSR count). The Morgan fingerprint density at radius 1 is 0.921 bits per heavy atom. The van der Waals surface area contributed by atoms with E-state index in [4.69, 9.17) is 0 Å². The second kappa shape index (κ2) is 10.5. The molecule has 5 heteroatoms. The van der Waals surface area contributed by atoms with Crippen molar-refractivity contribution in [2.24, 2.45) is 5.41 Å². The van der Waals surface area contributed by atoms with Crippen LogP contribution in [0.3, 0.4) is 0 Å². The summed E-state index contributed by atoms with van der Waals surface area (Å²) in [7, 11) is 0. The van der Waals surface area contributed by atoms with Crippen molar-refractivity contribution in [3.63, 3.8) is 0 Å². The van der Waals surface area contributed by atoms with E-state index in [0.717, 1.165) is 53.4 Å². The molecule has 38 heavy (non-hydrogen) atoms. The number of nitrogens with one attached hydrogen (secondary N) is 1. The molecule has 0 radical (unpaired) electrons. The number of hydrogen-bond acceptors (Lipinski definition) is 4. The number of carbonyl (C=O) groups is 2. The van der Waals surface area contributed by atoms with E-state index in [1.54, 1.807) is 0 Å². The largest absolute Gasteiger partial charge is 0.372 e. The minimum atomic E-state index is -0.508. The molecule has 1 N–H and O–H groups in total. The molecule has 0 aromatic heterocycles. The van der Waals surface area contributed by atoms with E-state index in [2.05, 4.69) is 62.2 Å². The van der Waals surface area contributed by atoms with Crippen molar-refractivity contribution in [3.8, 4) is 0 Å². The van der Waals surface area contributed by atoms with Gasteiger partial charge in [0.15, 0.2) is 5.78 Å². The Balaban J connectivity index is 1.69. The Hall–Kier alpha value is -3.86. The normalized spacial score (nSPS) is 18.3. The minimum absolute atomic E-state index is 0.0327. The molecule has 196 valence electrons. The molecule has 0 saturated carbocycles. The van der Waals surface area contributed by atoms with Gasteiger partial charge in [-0.15, -0.1) is 0 Å². The summed E-state index contributed by atoms with van der Waals surface area (Å²) >= 11 is 0. The van der Waals surface area contributed by atoms with Crippen LogP contribution in [0.4, 0.5) is 17.1 Å². The molecule has 0 unspecified atom stereocenters. The molecule has 3 aromatic rings. The Labute approximate surface area is 226 Å². The Morgan fingerprint density at radius 3 is 2.26 bits per heavy atom. The summed E-state index contributed by atoms with van der Waals surface area (Å²) in [5.74, 6) is 0.0709. The summed E-state index contributed by atoms with van der Waals surface area (Å²) in [5, 5.41) is 3.60. The van der Waals surface area contributed by atoms with Gasteiger partial charge in [-0.25, -0.2) is 0 Å². The lowest BCUT2D eigenvalue weighted by Crippen LogP contribution is -2.40. The fourth-order valence-corrected chi connectivity index (χ4v) is 5.89. The number of rotatable bonds is 6. The number of carbonyl (C=O) groups excluding carboxylic acids is 2. The fourth-order valence-electron chi connectivity index (χ4n) is 5.89. The molecular weight excluding hydrogens is 470 g/mol. The van der Waals surface area contributed by atoms with E-state index < -0.39 is 6.04 Å². The van der Waals surface area contributed by atoms with Crippen LogP contribution in [-0.2, 0) is 16.0 Å². The van der Waals surface area contributed by atoms with Gasteiger partial charge in [0, 0.05) is 36.5 Å². The van der Waals surface area contributed by atoms with Gasteiger partial charge in [0.05, 0.1) is 23.8 Å². The van der Waals surface area contributed by atoms with Gasteiger partial charge in [0.2, 0.25) is 5.91 Å². The summed E-state index contributed by atoms with van der Waals surface area (Å²) in [5.41, 5.74) is 6.16. The quantitative estimate of drug-likeness (QED) is 0.394. The van der Waals surface area contributed by atoms with Gasteiger partial charge in [-0.05, 0) is 61.1 Å². The van der Waals surface area contributed by atoms with Gasteiger partial charge in [0.1, 0.15) is 0 Å². The van der Waals surface area contributed by atoms with Gasteiger partial charge in [-0.1, -0.05) is 68.4 Å². The average molecular weight is 508 g/mol. The van der Waals surface area contributed by atoms with Crippen LogP contribution in [0.5, 0.6) is 0 Å². The zero-order valence-electron chi connectivity index (χ0n) is 22.8. The highest BCUT2D eigenvalue weighted by atomic mass is 16.2. The molecule has 1 heterocycles. The van der Waals surface area contributed by atoms with Crippen LogP contribution in [0.25, 0.3) is 0 Å². The number of nitrogens with zero attached hydrogens (tertiary/aromatic N) is 2. The summed E-state index contributed by atoms with van der Waals surface area (Å²) in [6, 6.07) is 25.6. The standard InChI is InChI=1S/C33H37N3O2/c1-5-35(6-2)25-18-16-24(17-19-25)32-31-27(21-33(3,4)22-29(31)37)34-26-14-10-11-15-28(26)36(32)30(38)20-23-12-8-7-9-13-23/h7-19,32,34H,5-6,20-22H2,1-4H3/t32-/m0/s1. The molecule has 5 nitrogen and oxygen atoms in total. The first kappa shape index (κ1) is 25.8. The highest BCUT2D eigenvalue weighted by Crippen LogP contribution is 2.48. The number of fused-ring (bicyclic) bond motifs is 1. The molecule has 1 aliphatic carbocycles. The van der Waals surface area contributed by atoms with Crippen molar-refractivity contribution >= 4 is 28.8 Å². The number of allylic oxidation sites excluding steroid dienone is 1. The van der Waals surface area contributed by atoms with Gasteiger partial charge in [0.25, 0.3) is 0 Å². The number of ketones is 1. The van der Waals surface area contributed by atoms with Crippen LogP contribution in [0.15, 0.2) is 90.1 Å². The Bertz CT molecular complexity index is 1350. The summed E-state index contributed by atoms with van der Waals surface area (Å²) in [6.07, 6.45) is 1.46. The van der Waals surface area contributed by atoms with Gasteiger partial charge < -0.3 is 10.2 Å². The zero-order chi connectivity index (χ0) is 26.9. The number of hydrogen-bond donors (Lipinski definition) is 1. The lowest BCUT2D eigenvalue weighted by molar-refractivity contribution is -0.119. The first-order chi connectivity index (χ1) is 18.3. The third-order valence-electron chi connectivity index (χ3n) is 7.71. The van der Waals surface area contributed by atoms with Crippen molar-refractivity contribution in [3.05, 3.63) is 101 Å². The van der Waals surface area contributed by atoms with Gasteiger partial charge >= 0.3 is 0 Å². The second-order valence-corrected chi connectivity index (χ2v) is 11.1. The van der Waals surface area contributed by atoms with E-state index in [0.29, 0.717) is 12.0 Å². The van der Waals surface area contributed by atoms with E-state index >= 15 is 0 Å². The second-order valence-electron chi connectivity index (χ2n) is 11.1. The van der Waals surface area contributed by atoms with Gasteiger partial charge in [-0.2, -0.15) is 0 Å². The predicted molar refractivity (Wildman–Crippen MR) is 155 cm³/mol. The van der Waals surface area contributed by atoms with Crippen molar-refractivity contribution in [1.82, 2.24) is 0 Å². The molecule has 3 aromatic carbocycles. The number of amides is 1. The smallest absolute Gasteiger partial charge is 0.232 e. The summed E-state index contributed by atoms with van der Waals surface area (Å²) in [6.45, 7) is 10.4.